The van der Waals surface area contributed by atoms with Crippen molar-refractivity contribution >= 4 is 21.6 Å². The largest absolute Gasteiger partial charge is 0.382 e. The first kappa shape index (κ1) is 12.1. The summed E-state index contributed by atoms with van der Waals surface area (Å²) >= 11 is 3.37. The van der Waals surface area contributed by atoms with Crippen LogP contribution in [0.15, 0.2) is 22.7 Å². The van der Waals surface area contributed by atoms with E-state index in [9.17, 15) is 0 Å². The van der Waals surface area contributed by atoms with E-state index in [1.165, 1.54) is 0 Å². The van der Waals surface area contributed by atoms with Gasteiger partial charge >= 0.3 is 0 Å². The third-order valence-corrected chi connectivity index (χ3v) is 3.14. The fourth-order valence-corrected chi connectivity index (χ4v) is 1.59. The monoisotopic (exact) mass is 266 g/mol. The van der Waals surface area contributed by atoms with Gasteiger partial charge in [-0.1, -0.05) is 13.8 Å². The van der Waals surface area contributed by atoms with Crippen molar-refractivity contribution in [1.82, 2.24) is 0 Å². The van der Waals surface area contributed by atoms with Crippen molar-refractivity contribution in [2.24, 2.45) is 5.92 Å². The van der Waals surface area contributed by atoms with E-state index in [2.05, 4.69) is 48.1 Å². The third kappa shape index (κ3) is 3.24. The summed E-state index contributed by atoms with van der Waals surface area (Å²) in [6, 6.07) is 8.24. The zero-order valence-corrected chi connectivity index (χ0v) is 10.8. The quantitative estimate of drug-likeness (QED) is 0.904. The number of nitriles is 1. The predicted octanol–water partition coefficient (Wildman–Crippen LogP) is 3.78. The molecule has 0 saturated heterocycles. The summed E-state index contributed by atoms with van der Waals surface area (Å²) in [7, 11) is 0. The van der Waals surface area contributed by atoms with Gasteiger partial charge in [-0.05, 0) is 47.0 Å². The Kier molecular flexibility index (Phi) is 4.16. The fraction of sp³-hybridized carbons (Fsp3) is 0.417. The lowest BCUT2D eigenvalue weighted by Gasteiger charge is -2.19. The zero-order valence-electron chi connectivity index (χ0n) is 9.21. The van der Waals surface area contributed by atoms with E-state index in [4.69, 9.17) is 5.26 Å². The minimum absolute atomic E-state index is 0.421. The molecule has 3 heteroatoms. The Morgan fingerprint density at radius 1 is 1.33 bits per heavy atom. The van der Waals surface area contributed by atoms with Gasteiger partial charge in [0.05, 0.1) is 5.56 Å². The first-order valence-electron chi connectivity index (χ1n) is 5.00. The first-order chi connectivity index (χ1) is 7.04. The van der Waals surface area contributed by atoms with Gasteiger partial charge in [0.2, 0.25) is 0 Å². The molecule has 0 saturated carbocycles. The highest BCUT2D eigenvalue weighted by Crippen LogP contribution is 2.22. The Balaban J connectivity index is 2.81. The van der Waals surface area contributed by atoms with Gasteiger partial charge in [-0.3, -0.25) is 0 Å². The first-order valence-corrected chi connectivity index (χ1v) is 5.80. The van der Waals surface area contributed by atoms with Gasteiger partial charge in [0.1, 0.15) is 6.07 Å². The molecule has 15 heavy (non-hydrogen) atoms. The third-order valence-electron chi connectivity index (χ3n) is 2.48. The number of anilines is 1. The molecule has 0 amide bonds. The van der Waals surface area contributed by atoms with Crippen molar-refractivity contribution in [2.75, 3.05) is 5.32 Å². The number of hydrogen-bond donors (Lipinski definition) is 1. The average molecular weight is 267 g/mol. The number of rotatable bonds is 3. The van der Waals surface area contributed by atoms with Crippen LogP contribution in [0.4, 0.5) is 5.69 Å². The minimum atomic E-state index is 0.421. The topological polar surface area (TPSA) is 35.8 Å². The Morgan fingerprint density at radius 3 is 2.47 bits per heavy atom. The van der Waals surface area contributed by atoms with Gasteiger partial charge in [-0.25, -0.2) is 0 Å². The molecule has 1 atom stereocenters. The number of halogens is 1. The van der Waals surface area contributed by atoms with Crippen molar-refractivity contribution in [3.8, 4) is 6.07 Å². The Bertz CT molecular complexity index is 380. The van der Waals surface area contributed by atoms with Crippen LogP contribution >= 0.6 is 15.9 Å². The molecule has 80 valence electrons. The van der Waals surface area contributed by atoms with E-state index in [1.807, 2.05) is 18.2 Å². The molecule has 0 aliphatic rings. The summed E-state index contributed by atoms with van der Waals surface area (Å²) < 4.78 is 0.839. The standard InChI is InChI=1S/C12H15BrN2/c1-8(2)9(3)15-11-5-4-10(7-14)12(13)6-11/h4-6,8-9,15H,1-3H3. The second-order valence-corrected chi connectivity index (χ2v) is 4.84. The van der Waals surface area contributed by atoms with Gasteiger partial charge in [0.25, 0.3) is 0 Å². The maximum Gasteiger partial charge on any atom is 0.100 e. The molecule has 2 nitrogen and oxygen atoms in total. The van der Waals surface area contributed by atoms with E-state index in [1.54, 1.807) is 0 Å². The molecular formula is C12H15BrN2. The Labute approximate surface area is 99.4 Å². The smallest absolute Gasteiger partial charge is 0.100 e. The summed E-state index contributed by atoms with van der Waals surface area (Å²) in [5, 5.41) is 12.2. The van der Waals surface area contributed by atoms with E-state index >= 15 is 0 Å². The SMILES string of the molecule is CC(C)C(C)Nc1ccc(C#N)c(Br)c1. The van der Waals surface area contributed by atoms with Crippen LogP contribution in [0.5, 0.6) is 0 Å². The van der Waals surface area contributed by atoms with E-state index in [0.29, 0.717) is 17.5 Å². The molecule has 1 rings (SSSR count). The van der Waals surface area contributed by atoms with Crippen LogP contribution in [0.3, 0.4) is 0 Å². The average Bonchev–Trinajstić information content (AvgIpc) is 2.18. The van der Waals surface area contributed by atoms with Crippen molar-refractivity contribution in [3.63, 3.8) is 0 Å². The molecule has 1 aromatic rings. The molecule has 0 fully saturated rings. The van der Waals surface area contributed by atoms with Crippen molar-refractivity contribution in [3.05, 3.63) is 28.2 Å². The van der Waals surface area contributed by atoms with Crippen LogP contribution in [-0.2, 0) is 0 Å². The molecule has 0 aromatic heterocycles. The molecule has 1 aromatic carbocycles. The van der Waals surface area contributed by atoms with Crippen molar-refractivity contribution in [2.45, 2.75) is 26.8 Å². The summed E-state index contributed by atoms with van der Waals surface area (Å²) in [5.41, 5.74) is 1.71. The van der Waals surface area contributed by atoms with Crippen LogP contribution in [0.2, 0.25) is 0 Å². The van der Waals surface area contributed by atoms with Crippen molar-refractivity contribution in [1.29, 1.82) is 5.26 Å². The number of nitrogens with one attached hydrogen (secondary N) is 1. The molecule has 0 aliphatic heterocycles. The molecule has 0 spiro atoms. The van der Waals surface area contributed by atoms with Crippen LogP contribution < -0.4 is 5.32 Å². The van der Waals surface area contributed by atoms with Crippen LogP contribution in [0.25, 0.3) is 0 Å². The summed E-state index contributed by atoms with van der Waals surface area (Å²) in [6.07, 6.45) is 0. The van der Waals surface area contributed by atoms with E-state index < -0.39 is 0 Å². The molecule has 1 unspecified atom stereocenters. The molecule has 0 heterocycles. The van der Waals surface area contributed by atoms with E-state index in [0.717, 1.165) is 10.2 Å². The summed E-state index contributed by atoms with van der Waals surface area (Å²) in [6.45, 7) is 6.50. The number of benzene rings is 1. The van der Waals surface area contributed by atoms with Gasteiger partial charge < -0.3 is 5.32 Å². The molecular weight excluding hydrogens is 252 g/mol. The van der Waals surface area contributed by atoms with Gasteiger partial charge in [0.15, 0.2) is 0 Å². The van der Waals surface area contributed by atoms with Crippen LogP contribution in [0, 0.1) is 17.2 Å². The maximum absolute atomic E-state index is 8.78. The van der Waals surface area contributed by atoms with Gasteiger partial charge in [-0.15, -0.1) is 0 Å². The predicted molar refractivity (Wildman–Crippen MR) is 66.8 cm³/mol. The number of hydrogen-bond acceptors (Lipinski definition) is 2. The second kappa shape index (κ2) is 5.18. The lowest BCUT2D eigenvalue weighted by molar-refractivity contribution is 0.560. The van der Waals surface area contributed by atoms with Crippen LogP contribution in [-0.4, -0.2) is 6.04 Å². The lowest BCUT2D eigenvalue weighted by Crippen LogP contribution is -2.21. The molecule has 0 bridgehead atoms. The van der Waals surface area contributed by atoms with Gasteiger partial charge in [0, 0.05) is 16.2 Å². The summed E-state index contributed by atoms with van der Waals surface area (Å²) in [4.78, 5) is 0. The van der Waals surface area contributed by atoms with E-state index in [-0.39, 0.29) is 0 Å². The second-order valence-electron chi connectivity index (χ2n) is 3.98. The highest BCUT2D eigenvalue weighted by molar-refractivity contribution is 9.10. The van der Waals surface area contributed by atoms with Crippen LogP contribution in [0.1, 0.15) is 26.3 Å². The van der Waals surface area contributed by atoms with Crippen molar-refractivity contribution < 1.29 is 0 Å². The molecule has 1 N–H and O–H groups in total. The fourth-order valence-electron chi connectivity index (χ4n) is 1.13. The molecule has 0 radical (unpaired) electrons. The lowest BCUT2D eigenvalue weighted by atomic mass is 10.1. The Morgan fingerprint density at radius 2 is 2.00 bits per heavy atom. The molecule has 0 aliphatic carbocycles. The Hall–Kier alpha value is -1.01. The zero-order chi connectivity index (χ0) is 11.4. The highest BCUT2D eigenvalue weighted by atomic mass is 79.9. The summed E-state index contributed by atoms with van der Waals surface area (Å²) in [5.74, 6) is 0.583. The number of nitrogens with zero attached hydrogens (tertiary/aromatic N) is 1. The highest BCUT2D eigenvalue weighted by Gasteiger charge is 2.07. The van der Waals surface area contributed by atoms with Gasteiger partial charge in [-0.2, -0.15) is 5.26 Å². The normalized spacial score (nSPS) is 12.3. The maximum atomic E-state index is 8.78. The minimum Gasteiger partial charge on any atom is -0.382 e.